The second-order valence-corrected chi connectivity index (χ2v) is 6.76. The second-order valence-electron chi connectivity index (χ2n) is 4.93. The number of carbonyl (C=O) groups is 1. The smallest absolute Gasteiger partial charge is 0.244 e. The number of carbonyl (C=O) groups excluding carboxylic acids is 1. The average Bonchev–Trinajstić information content (AvgIpc) is 3.19. The first-order chi connectivity index (χ1) is 11.1. The highest BCUT2D eigenvalue weighted by Gasteiger charge is 2.14. The Kier molecular flexibility index (Phi) is 4.82. The Morgan fingerprint density at radius 3 is 2.91 bits per heavy atom. The lowest BCUT2D eigenvalue weighted by Gasteiger charge is -2.11. The highest BCUT2D eigenvalue weighted by molar-refractivity contribution is 9.10. The van der Waals surface area contributed by atoms with Crippen LogP contribution in [0.5, 0.6) is 0 Å². The molecular weight excluding hydrogens is 378 g/mol. The van der Waals surface area contributed by atoms with Crippen molar-refractivity contribution in [1.29, 1.82) is 0 Å². The number of nitrogens with zero attached hydrogens (tertiary/aromatic N) is 4. The Labute approximate surface area is 145 Å². The largest absolute Gasteiger partial charge is 0.347 e. The third-order valence-corrected chi connectivity index (χ3v) is 4.95. The molecule has 0 unspecified atom stereocenters. The van der Waals surface area contributed by atoms with Crippen LogP contribution in [0.15, 0.2) is 46.3 Å². The van der Waals surface area contributed by atoms with Crippen LogP contribution in [-0.4, -0.2) is 26.1 Å². The average molecular weight is 392 g/mol. The fourth-order valence-electron chi connectivity index (χ4n) is 2.08. The highest BCUT2D eigenvalue weighted by atomic mass is 79.9. The van der Waals surface area contributed by atoms with Crippen molar-refractivity contribution in [2.75, 3.05) is 0 Å². The van der Waals surface area contributed by atoms with Crippen LogP contribution in [0.3, 0.4) is 0 Å². The first kappa shape index (κ1) is 15.8. The summed E-state index contributed by atoms with van der Waals surface area (Å²) in [5.41, 5.74) is 0.839. The predicted molar refractivity (Wildman–Crippen MR) is 91.8 cm³/mol. The van der Waals surface area contributed by atoms with Gasteiger partial charge in [0.25, 0.3) is 0 Å². The minimum atomic E-state index is -0.151. The molecule has 0 bridgehead atoms. The van der Waals surface area contributed by atoms with Crippen molar-refractivity contribution in [3.05, 3.63) is 51.1 Å². The summed E-state index contributed by atoms with van der Waals surface area (Å²) in [6, 6.07) is 11.5. The lowest BCUT2D eigenvalue weighted by Crippen LogP contribution is -2.30. The first-order valence-corrected chi connectivity index (χ1v) is 8.66. The number of benzene rings is 1. The molecule has 23 heavy (non-hydrogen) atoms. The second kappa shape index (κ2) is 7.01. The third kappa shape index (κ3) is 3.83. The SMILES string of the molecule is C[C@H](NC(=O)Cn1nnc(-c2ccccc2Br)n1)c1cccs1. The number of amides is 1. The molecule has 0 aliphatic rings. The number of aromatic nitrogens is 4. The molecule has 6 nitrogen and oxygen atoms in total. The van der Waals surface area contributed by atoms with Crippen molar-refractivity contribution in [2.24, 2.45) is 0 Å². The van der Waals surface area contributed by atoms with E-state index in [-0.39, 0.29) is 18.5 Å². The molecule has 8 heteroatoms. The van der Waals surface area contributed by atoms with Crippen molar-refractivity contribution < 1.29 is 4.79 Å². The van der Waals surface area contributed by atoms with E-state index >= 15 is 0 Å². The molecular formula is C15H14BrN5OS. The Hall–Kier alpha value is -2.06. The summed E-state index contributed by atoms with van der Waals surface area (Å²) in [4.78, 5) is 14.5. The number of nitrogens with one attached hydrogen (secondary N) is 1. The van der Waals surface area contributed by atoms with Crippen molar-refractivity contribution in [3.8, 4) is 11.4 Å². The van der Waals surface area contributed by atoms with Crippen molar-refractivity contribution in [1.82, 2.24) is 25.5 Å². The van der Waals surface area contributed by atoms with E-state index in [4.69, 9.17) is 0 Å². The highest BCUT2D eigenvalue weighted by Crippen LogP contribution is 2.24. The molecule has 1 N–H and O–H groups in total. The Balaban J connectivity index is 1.65. The monoisotopic (exact) mass is 391 g/mol. The van der Waals surface area contributed by atoms with Gasteiger partial charge < -0.3 is 5.32 Å². The molecule has 0 spiro atoms. The molecule has 0 saturated heterocycles. The third-order valence-electron chi connectivity index (χ3n) is 3.20. The summed E-state index contributed by atoms with van der Waals surface area (Å²) in [7, 11) is 0. The topological polar surface area (TPSA) is 72.7 Å². The van der Waals surface area contributed by atoms with Crippen molar-refractivity contribution in [2.45, 2.75) is 19.5 Å². The Morgan fingerprint density at radius 1 is 1.35 bits per heavy atom. The standard InChI is InChI=1S/C15H14BrN5OS/c1-10(13-7-4-8-23-13)17-14(22)9-21-19-15(18-20-21)11-5-2-3-6-12(11)16/h2-8,10H,9H2,1H3,(H,17,22)/t10-/m0/s1. The number of rotatable bonds is 5. The van der Waals surface area contributed by atoms with Gasteiger partial charge in [0.15, 0.2) is 0 Å². The fourth-order valence-corrected chi connectivity index (χ4v) is 3.28. The molecule has 0 radical (unpaired) electrons. The van der Waals surface area contributed by atoms with Gasteiger partial charge in [-0.25, -0.2) is 0 Å². The van der Waals surface area contributed by atoms with Crippen LogP contribution in [-0.2, 0) is 11.3 Å². The number of thiophene rings is 1. The zero-order chi connectivity index (χ0) is 16.2. The minimum absolute atomic E-state index is 0.0336. The van der Waals surface area contributed by atoms with Gasteiger partial charge in [0.1, 0.15) is 6.54 Å². The molecule has 2 heterocycles. The van der Waals surface area contributed by atoms with Crippen LogP contribution in [0, 0.1) is 0 Å². The van der Waals surface area contributed by atoms with Gasteiger partial charge in [-0.3, -0.25) is 4.79 Å². The molecule has 1 amide bonds. The van der Waals surface area contributed by atoms with E-state index in [1.165, 1.54) is 4.80 Å². The Morgan fingerprint density at radius 2 is 2.17 bits per heavy atom. The first-order valence-electron chi connectivity index (χ1n) is 6.99. The fraction of sp³-hybridized carbons (Fsp3) is 0.200. The van der Waals surface area contributed by atoms with Gasteiger partial charge >= 0.3 is 0 Å². The van der Waals surface area contributed by atoms with Gasteiger partial charge in [0.2, 0.25) is 11.7 Å². The number of tetrazole rings is 1. The molecule has 0 fully saturated rings. The number of hydrogen-bond donors (Lipinski definition) is 1. The van der Waals surface area contributed by atoms with E-state index < -0.39 is 0 Å². The molecule has 0 aliphatic carbocycles. The normalized spacial score (nSPS) is 12.1. The quantitative estimate of drug-likeness (QED) is 0.725. The Bertz CT molecular complexity index is 802. The summed E-state index contributed by atoms with van der Waals surface area (Å²) >= 11 is 5.06. The summed E-state index contributed by atoms with van der Waals surface area (Å²) in [6.45, 7) is 1.98. The van der Waals surface area contributed by atoms with Crippen LogP contribution in [0.2, 0.25) is 0 Å². The van der Waals surface area contributed by atoms with Crippen LogP contribution in [0.25, 0.3) is 11.4 Å². The number of hydrogen-bond acceptors (Lipinski definition) is 5. The van der Waals surface area contributed by atoms with Gasteiger partial charge in [-0.15, -0.1) is 21.5 Å². The maximum absolute atomic E-state index is 12.1. The molecule has 2 aromatic heterocycles. The van der Waals surface area contributed by atoms with Crippen LogP contribution >= 0.6 is 27.3 Å². The van der Waals surface area contributed by atoms with Gasteiger partial charge in [-0.05, 0) is 35.7 Å². The molecule has 1 aromatic carbocycles. The van der Waals surface area contributed by atoms with E-state index in [1.807, 2.05) is 48.7 Å². The van der Waals surface area contributed by atoms with Crippen molar-refractivity contribution >= 4 is 33.2 Å². The maximum Gasteiger partial charge on any atom is 0.244 e. The van der Waals surface area contributed by atoms with Gasteiger partial charge in [-0.2, -0.15) is 4.80 Å². The van der Waals surface area contributed by atoms with Gasteiger partial charge in [0.05, 0.1) is 6.04 Å². The molecule has 0 aliphatic heterocycles. The van der Waals surface area contributed by atoms with Crippen LogP contribution in [0.1, 0.15) is 17.8 Å². The summed E-state index contributed by atoms with van der Waals surface area (Å²) in [5, 5.41) is 17.1. The van der Waals surface area contributed by atoms with Gasteiger partial charge in [-0.1, -0.05) is 34.1 Å². The van der Waals surface area contributed by atoms with Crippen LogP contribution in [0.4, 0.5) is 0 Å². The predicted octanol–water partition coefficient (Wildman–Crippen LogP) is 3.04. The molecule has 1 atom stereocenters. The summed E-state index contributed by atoms with van der Waals surface area (Å²) in [6.07, 6.45) is 0. The molecule has 118 valence electrons. The van der Waals surface area contributed by atoms with E-state index in [0.717, 1.165) is 14.9 Å². The lowest BCUT2D eigenvalue weighted by molar-refractivity contribution is -0.122. The molecule has 0 saturated carbocycles. The van der Waals surface area contributed by atoms with Crippen LogP contribution < -0.4 is 5.32 Å². The van der Waals surface area contributed by atoms with E-state index in [2.05, 4.69) is 36.7 Å². The van der Waals surface area contributed by atoms with Crippen molar-refractivity contribution in [3.63, 3.8) is 0 Å². The van der Waals surface area contributed by atoms with E-state index in [1.54, 1.807) is 11.3 Å². The summed E-state index contributed by atoms with van der Waals surface area (Å²) in [5.74, 6) is 0.332. The maximum atomic E-state index is 12.1. The zero-order valence-corrected chi connectivity index (χ0v) is 14.7. The van der Waals surface area contributed by atoms with E-state index in [9.17, 15) is 4.79 Å². The minimum Gasteiger partial charge on any atom is -0.347 e. The zero-order valence-electron chi connectivity index (χ0n) is 12.3. The molecule has 3 rings (SSSR count). The number of halogens is 1. The molecule has 3 aromatic rings. The summed E-state index contributed by atoms with van der Waals surface area (Å²) < 4.78 is 0.885. The lowest BCUT2D eigenvalue weighted by atomic mass is 10.2. The van der Waals surface area contributed by atoms with E-state index in [0.29, 0.717) is 5.82 Å². The van der Waals surface area contributed by atoms with Gasteiger partial charge in [0, 0.05) is 14.9 Å².